The first kappa shape index (κ1) is 14.8. The number of hydrogen-bond donors (Lipinski definition) is 1. The Morgan fingerprint density at radius 2 is 2.00 bits per heavy atom. The maximum Gasteiger partial charge on any atom is 0.262 e. The Morgan fingerprint density at radius 3 is 2.62 bits per heavy atom. The van der Waals surface area contributed by atoms with E-state index in [1.165, 1.54) is 12.1 Å². The van der Waals surface area contributed by atoms with E-state index in [4.69, 9.17) is 21.6 Å². The van der Waals surface area contributed by atoms with Crippen molar-refractivity contribution < 1.29 is 13.9 Å². The molecule has 0 heterocycles. The molecule has 2 aromatic carbocycles. The number of nitrogens with zero attached hydrogens (tertiary/aromatic N) is 1. The SMILES string of the molecule is N#Cc1ccc(OCC(=O)Nc2ccc(Cl)c(F)c2)cc1. The number of amides is 1. The maximum absolute atomic E-state index is 13.2. The topological polar surface area (TPSA) is 62.1 Å². The first-order chi connectivity index (χ1) is 10.1. The molecule has 4 nitrogen and oxygen atoms in total. The third-order valence-corrected chi connectivity index (χ3v) is 2.86. The molecule has 0 fully saturated rings. The van der Waals surface area contributed by atoms with E-state index in [0.717, 1.165) is 6.07 Å². The van der Waals surface area contributed by atoms with Crippen LogP contribution >= 0.6 is 11.6 Å². The Balaban J connectivity index is 1.89. The highest BCUT2D eigenvalue weighted by atomic mass is 35.5. The van der Waals surface area contributed by atoms with Crippen LogP contribution in [0.3, 0.4) is 0 Å². The molecule has 0 spiro atoms. The number of benzene rings is 2. The van der Waals surface area contributed by atoms with Gasteiger partial charge >= 0.3 is 0 Å². The summed E-state index contributed by atoms with van der Waals surface area (Å²) >= 11 is 5.55. The monoisotopic (exact) mass is 304 g/mol. The van der Waals surface area contributed by atoms with Crippen molar-refractivity contribution >= 4 is 23.2 Å². The van der Waals surface area contributed by atoms with E-state index in [9.17, 15) is 9.18 Å². The summed E-state index contributed by atoms with van der Waals surface area (Å²) in [5.74, 6) is -0.574. The van der Waals surface area contributed by atoms with Gasteiger partial charge in [0.25, 0.3) is 5.91 Å². The summed E-state index contributed by atoms with van der Waals surface area (Å²) in [6.45, 7) is -0.226. The molecule has 2 rings (SSSR count). The van der Waals surface area contributed by atoms with Crippen molar-refractivity contribution in [2.45, 2.75) is 0 Å². The van der Waals surface area contributed by atoms with Crippen LogP contribution < -0.4 is 10.1 Å². The third-order valence-electron chi connectivity index (χ3n) is 2.56. The van der Waals surface area contributed by atoms with Gasteiger partial charge in [0.15, 0.2) is 6.61 Å². The molecule has 0 aliphatic rings. The fourth-order valence-corrected chi connectivity index (χ4v) is 1.66. The zero-order valence-electron chi connectivity index (χ0n) is 10.8. The Kier molecular flexibility index (Phi) is 4.75. The second-order valence-corrected chi connectivity index (χ2v) is 4.51. The predicted octanol–water partition coefficient (Wildman–Crippen LogP) is 3.37. The Bertz CT molecular complexity index is 696. The van der Waals surface area contributed by atoms with Gasteiger partial charge in [0.05, 0.1) is 16.7 Å². The molecular weight excluding hydrogens is 295 g/mol. The Morgan fingerprint density at radius 1 is 1.29 bits per heavy atom. The van der Waals surface area contributed by atoms with Crippen LogP contribution in [-0.2, 0) is 4.79 Å². The molecule has 0 saturated carbocycles. The summed E-state index contributed by atoms with van der Waals surface area (Å²) in [6.07, 6.45) is 0. The molecule has 6 heteroatoms. The highest BCUT2D eigenvalue weighted by molar-refractivity contribution is 6.30. The number of anilines is 1. The van der Waals surface area contributed by atoms with Crippen LogP contribution in [0, 0.1) is 17.1 Å². The summed E-state index contributed by atoms with van der Waals surface area (Å²) in [4.78, 5) is 11.7. The lowest BCUT2D eigenvalue weighted by Crippen LogP contribution is -2.20. The van der Waals surface area contributed by atoms with Crippen LogP contribution in [0.1, 0.15) is 5.56 Å². The number of ether oxygens (including phenoxy) is 1. The van der Waals surface area contributed by atoms with Crippen LogP contribution in [0.4, 0.5) is 10.1 Å². The fraction of sp³-hybridized carbons (Fsp3) is 0.0667. The zero-order chi connectivity index (χ0) is 15.2. The van der Waals surface area contributed by atoms with Crippen LogP contribution in [0.25, 0.3) is 0 Å². The lowest BCUT2D eigenvalue weighted by Gasteiger charge is -2.08. The number of halogens is 2. The Labute approximate surface area is 125 Å². The fourth-order valence-electron chi connectivity index (χ4n) is 1.55. The van der Waals surface area contributed by atoms with E-state index in [2.05, 4.69) is 5.32 Å². The molecule has 0 radical (unpaired) electrons. The minimum absolute atomic E-state index is 0.0122. The van der Waals surface area contributed by atoms with E-state index in [1.54, 1.807) is 24.3 Å². The minimum Gasteiger partial charge on any atom is -0.484 e. The molecule has 2 aromatic rings. The van der Waals surface area contributed by atoms with Gasteiger partial charge in [-0.1, -0.05) is 11.6 Å². The number of carbonyl (C=O) groups excluding carboxylic acids is 1. The molecule has 1 amide bonds. The summed E-state index contributed by atoms with van der Waals surface area (Å²) in [6, 6.07) is 12.3. The first-order valence-corrected chi connectivity index (χ1v) is 6.34. The highest BCUT2D eigenvalue weighted by Crippen LogP contribution is 2.18. The smallest absolute Gasteiger partial charge is 0.262 e. The van der Waals surface area contributed by atoms with Gasteiger partial charge in [0.1, 0.15) is 11.6 Å². The van der Waals surface area contributed by atoms with Crippen LogP contribution in [0.5, 0.6) is 5.75 Å². The van der Waals surface area contributed by atoms with Crippen molar-refractivity contribution in [3.63, 3.8) is 0 Å². The van der Waals surface area contributed by atoms with Gasteiger partial charge < -0.3 is 10.1 Å². The number of rotatable bonds is 4. The van der Waals surface area contributed by atoms with Gasteiger partial charge in [-0.15, -0.1) is 0 Å². The summed E-state index contributed by atoms with van der Waals surface area (Å²) in [5, 5.41) is 11.1. The van der Waals surface area contributed by atoms with E-state index < -0.39 is 11.7 Å². The molecule has 1 N–H and O–H groups in total. The molecular formula is C15H10ClFN2O2. The predicted molar refractivity (Wildman–Crippen MR) is 76.7 cm³/mol. The van der Waals surface area contributed by atoms with Crippen molar-refractivity contribution in [3.05, 3.63) is 58.9 Å². The third kappa shape index (κ3) is 4.20. The zero-order valence-corrected chi connectivity index (χ0v) is 11.5. The van der Waals surface area contributed by atoms with E-state index in [-0.39, 0.29) is 11.6 Å². The van der Waals surface area contributed by atoms with Crippen molar-refractivity contribution in [2.24, 2.45) is 0 Å². The molecule has 21 heavy (non-hydrogen) atoms. The van der Waals surface area contributed by atoms with Crippen molar-refractivity contribution in [3.8, 4) is 11.8 Å². The second-order valence-electron chi connectivity index (χ2n) is 4.10. The molecule has 106 valence electrons. The number of hydrogen-bond acceptors (Lipinski definition) is 3. The minimum atomic E-state index is -0.609. The van der Waals surface area contributed by atoms with Crippen LogP contribution in [0.2, 0.25) is 5.02 Å². The van der Waals surface area contributed by atoms with E-state index >= 15 is 0 Å². The average molecular weight is 305 g/mol. The molecule has 0 saturated heterocycles. The lowest BCUT2D eigenvalue weighted by molar-refractivity contribution is -0.118. The lowest BCUT2D eigenvalue weighted by atomic mass is 10.2. The summed E-state index contributed by atoms with van der Waals surface area (Å²) in [5.41, 5.74) is 0.800. The highest BCUT2D eigenvalue weighted by Gasteiger charge is 2.06. The largest absolute Gasteiger partial charge is 0.484 e. The number of carbonyl (C=O) groups is 1. The van der Waals surface area contributed by atoms with E-state index in [1.807, 2.05) is 6.07 Å². The molecule has 0 atom stereocenters. The number of nitrogens with one attached hydrogen (secondary N) is 1. The molecule has 0 aliphatic heterocycles. The first-order valence-electron chi connectivity index (χ1n) is 5.96. The second kappa shape index (κ2) is 6.73. The van der Waals surface area contributed by atoms with Gasteiger partial charge in [-0.3, -0.25) is 4.79 Å². The van der Waals surface area contributed by atoms with Crippen LogP contribution in [-0.4, -0.2) is 12.5 Å². The van der Waals surface area contributed by atoms with Crippen molar-refractivity contribution in [1.29, 1.82) is 5.26 Å². The molecule has 0 unspecified atom stereocenters. The molecule has 0 aliphatic carbocycles. The van der Waals surface area contributed by atoms with Gasteiger partial charge in [0.2, 0.25) is 0 Å². The van der Waals surface area contributed by atoms with E-state index in [0.29, 0.717) is 17.0 Å². The van der Waals surface area contributed by atoms with Crippen LogP contribution in [0.15, 0.2) is 42.5 Å². The standard InChI is InChI=1S/C15H10ClFN2O2/c16-13-6-3-11(7-14(13)17)19-15(20)9-21-12-4-1-10(8-18)2-5-12/h1-7H,9H2,(H,19,20). The van der Waals surface area contributed by atoms with Gasteiger partial charge in [-0.2, -0.15) is 5.26 Å². The van der Waals surface area contributed by atoms with Crippen molar-refractivity contribution in [1.82, 2.24) is 0 Å². The van der Waals surface area contributed by atoms with Crippen molar-refractivity contribution in [2.75, 3.05) is 11.9 Å². The summed E-state index contributed by atoms with van der Waals surface area (Å²) < 4.78 is 18.5. The van der Waals surface area contributed by atoms with Gasteiger partial charge in [-0.05, 0) is 42.5 Å². The van der Waals surface area contributed by atoms with Gasteiger partial charge in [0, 0.05) is 5.69 Å². The average Bonchev–Trinajstić information content (AvgIpc) is 2.49. The summed E-state index contributed by atoms with van der Waals surface area (Å²) in [7, 11) is 0. The Hall–Kier alpha value is -2.58. The number of nitriles is 1. The maximum atomic E-state index is 13.2. The molecule has 0 bridgehead atoms. The normalized spacial score (nSPS) is 9.76. The van der Waals surface area contributed by atoms with Gasteiger partial charge in [-0.25, -0.2) is 4.39 Å². The quantitative estimate of drug-likeness (QED) is 0.942. The molecule has 0 aromatic heterocycles.